The molecule has 1 heterocycles. The van der Waals surface area contributed by atoms with Crippen molar-refractivity contribution in [3.63, 3.8) is 0 Å². The molecule has 0 saturated carbocycles. The van der Waals surface area contributed by atoms with Gasteiger partial charge in [-0.05, 0) is 36.3 Å². The average Bonchev–Trinajstić information content (AvgIpc) is 3.31. The fraction of sp³-hybridized carbons (Fsp3) is 0.536. The topological polar surface area (TPSA) is 209 Å². The number of primary amides is 1. The molecular formula is C28H42N6O6. The fourth-order valence-corrected chi connectivity index (χ4v) is 4.30. The largest absolute Gasteiger partial charge is 0.480 e. The molecule has 12 heteroatoms. The van der Waals surface area contributed by atoms with E-state index in [0.717, 1.165) is 16.5 Å². The molecule has 1 aromatic heterocycles. The summed E-state index contributed by atoms with van der Waals surface area (Å²) in [6.07, 6.45) is 2.30. The van der Waals surface area contributed by atoms with E-state index in [1.54, 1.807) is 13.1 Å². The predicted molar refractivity (Wildman–Crippen MR) is 151 cm³/mol. The molecule has 0 aliphatic carbocycles. The van der Waals surface area contributed by atoms with Gasteiger partial charge >= 0.3 is 5.97 Å². The van der Waals surface area contributed by atoms with Crippen LogP contribution in [0, 0.1) is 11.8 Å². The lowest BCUT2D eigenvalue weighted by Gasteiger charge is -2.26. The van der Waals surface area contributed by atoms with E-state index in [0.29, 0.717) is 6.42 Å². The van der Waals surface area contributed by atoms with Crippen molar-refractivity contribution in [1.82, 2.24) is 20.9 Å². The zero-order valence-electron chi connectivity index (χ0n) is 23.5. The summed E-state index contributed by atoms with van der Waals surface area (Å²) in [5, 5.41) is 18.3. The number of carbonyl (C=O) groups is 5. The van der Waals surface area contributed by atoms with Crippen LogP contribution >= 0.6 is 0 Å². The molecule has 5 unspecified atom stereocenters. The van der Waals surface area contributed by atoms with Gasteiger partial charge in [-0.25, -0.2) is 4.79 Å². The molecule has 12 nitrogen and oxygen atoms in total. The molecule has 0 saturated heterocycles. The number of amides is 4. The number of hydrogen-bond acceptors (Lipinski definition) is 6. The van der Waals surface area contributed by atoms with E-state index < -0.39 is 53.8 Å². The molecule has 0 aliphatic heterocycles. The zero-order chi connectivity index (χ0) is 30.0. The van der Waals surface area contributed by atoms with Crippen molar-refractivity contribution in [1.29, 1.82) is 0 Å². The smallest absolute Gasteiger partial charge is 0.326 e. The number of carboxylic acids is 1. The Morgan fingerprint density at radius 2 is 1.52 bits per heavy atom. The van der Waals surface area contributed by atoms with Crippen LogP contribution in [0.1, 0.15) is 58.9 Å². The fourth-order valence-electron chi connectivity index (χ4n) is 4.30. The summed E-state index contributed by atoms with van der Waals surface area (Å²) in [7, 11) is 0. The number of H-pyrrole nitrogens is 1. The summed E-state index contributed by atoms with van der Waals surface area (Å²) in [6, 6.07) is 3.01. The second kappa shape index (κ2) is 15.0. The Kier molecular flexibility index (Phi) is 12.1. The van der Waals surface area contributed by atoms with E-state index in [4.69, 9.17) is 11.5 Å². The number of nitrogens with one attached hydrogen (secondary N) is 4. The van der Waals surface area contributed by atoms with Gasteiger partial charge in [-0.15, -0.1) is 0 Å². The molecule has 5 atom stereocenters. The van der Waals surface area contributed by atoms with Crippen LogP contribution < -0.4 is 27.4 Å². The second-order valence-corrected chi connectivity index (χ2v) is 10.6. The maximum atomic E-state index is 13.4. The number of nitrogens with two attached hydrogens (primary N) is 2. The number of benzene rings is 1. The molecule has 9 N–H and O–H groups in total. The monoisotopic (exact) mass is 558 g/mol. The van der Waals surface area contributed by atoms with Gasteiger partial charge in [0.05, 0.1) is 6.04 Å². The first-order valence-corrected chi connectivity index (χ1v) is 13.6. The van der Waals surface area contributed by atoms with E-state index >= 15 is 0 Å². The Morgan fingerprint density at radius 3 is 2.12 bits per heavy atom. The lowest BCUT2D eigenvalue weighted by molar-refractivity contribution is -0.142. The molecular weight excluding hydrogens is 516 g/mol. The van der Waals surface area contributed by atoms with E-state index in [1.165, 1.54) is 0 Å². The molecule has 2 rings (SSSR count). The third kappa shape index (κ3) is 9.37. The van der Waals surface area contributed by atoms with E-state index in [2.05, 4.69) is 20.9 Å². The van der Waals surface area contributed by atoms with Gasteiger partial charge < -0.3 is 37.5 Å². The van der Waals surface area contributed by atoms with Gasteiger partial charge in [0.1, 0.15) is 18.1 Å². The number of para-hydroxylation sites is 1. The lowest BCUT2D eigenvalue weighted by Crippen LogP contribution is -2.58. The van der Waals surface area contributed by atoms with Crippen molar-refractivity contribution in [3.8, 4) is 0 Å². The Morgan fingerprint density at radius 1 is 0.925 bits per heavy atom. The highest BCUT2D eigenvalue weighted by Crippen LogP contribution is 2.19. The number of aromatic amines is 1. The molecule has 0 bridgehead atoms. The second-order valence-electron chi connectivity index (χ2n) is 10.6. The molecule has 0 spiro atoms. The average molecular weight is 559 g/mol. The van der Waals surface area contributed by atoms with Crippen LogP contribution in [-0.2, 0) is 30.4 Å². The number of rotatable bonds is 16. The predicted octanol–water partition coefficient (Wildman–Crippen LogP) is 0.934. The lowest BCUT2D eigenvalue weighted by atomic mass is 9.98. The molecule has 2 aromatic rings. The molecule has 220 valence electrons. The number of fused-ring (bicyclic) bond motifs is 1. The van der Waals surface area contributed by atoms with Crippen LogP contribution in [0.15, 0.2) is 30.5 Å². The highest BCUT2D eigenvalue weighted by atomic mass is 16.4. The van der Waals surface area contributed by atoms with Crippen LogP contribution in [0.4, 0.5) is 0 Å². The van der Waals surface area contributed by atoms with Gasteiger partial charge in [-0.2, -0.15) is 0 Å². The van der Waals surface area contributed by atoms with Gasteiger partial charge in [0, 0.05) is 29.9 Å². The van der Waals surface area contributed by atoms with Gasteiger partial charge in [0.15, 0.2) is 0 Å². The van der Waals surface area contributed by atoms with Crippen LogP contribution in [0.25, 0.3) is 10.9 Å². The van der Waals surface area contributed by atoms with Crippen LogP contribution in [0.5, 0.6) is 0 Å². The number of carboxylic acid groups (broad SMARTS) is 1. The summed E-state index contributed by atoms with van der Waals surface area (Å²) in [5.74, 6) is -4.00. The zero-order valence-corrected chi connectivity index (χ0v) is 23.5. The van der Waals surface area contributed by atoms with Gasteiger partial charge in [-0.1, -0.05) is 52.3 Å². The summed E-state index contributed by atoms with van der Waals surface area (Å²) in [5.41, 5.74) is 12.9. The normalized spacial score (nSPS) is 15.1. The summed E-state index contributed by atoms with van der Waals surface area (Å²) >= 11 is 0. The number of hydrogen-bond donors (Lipinski definition) is 7. The van der Waals surface area contributed by atoms with Gasteiger partial charge in [0.2, 0.25) is 23.6 Å². The third-order valence-electron chi connectivity index (χ3n) is 6.93. The molecule has 0 aliphatic rings. The van der Waals surface area contributed by atoms with Crippen molar-refractivity contribution in [2.75, 3.05) is 0 Å². The van der Waals surface area contributed by atoms with Gasteiger partial charge in [-0.3, -0.25) is 19.2 Å². The van der Waals surface area contributed by atoms with Crippen molar-refractivity contribution in [2.24, 2.45) is 23.3 Å². The summed E-state index contributed by atoms with van der Waals surface area (Å²) < 4.78 is 0. The molecule has 4 amide bonds. The SMILES string of the molecule is CCC(C)C(N)C(=O)NC(CCC(N)=O)C(=O)NC(Cc1c[nH]c2ccccc12)C(=O)NC(CC(C)C)C(=O)O. The minimum Gasteiger partial charge on any atom is -0.480 e. The Hall–Kier alpha value is -3.93. The van der Waals surface area contributed by atoms with Crippen LogP contribution in [-0.4, -0.2) is 63.9 Å². The maximum absolute atomic E-state index is 13.4. The maximum Gasteiger partial charge on any atom is 0.326 e. The molecule has 0 fully saturated rings. The minimum atomic E-state index is -1.20. The third-order valence-corrected chi connectivity index (χ3v) is 6.93. The minimum absolute atomic E-state index is 0.00817. The molecule has 40 heavy (non-hydrogen) atoms. The van der Waals surface area contributed by atoms with Crippen molar-refractivity contribution in [2.45, 2.75) is 84.0 Å². The molecule has 0 radical (unpaired) electrons. The van der Waals surface area contributed by atoms with Crippen molar-refractivity contribution < 1.29 is 29.1 Å². The summed E-state index contributed by atoms with van der Waals surface area (Å²) in [4.78, 5) is 66.0. The van der Waals surface area contributed by atoms with E-state index in [1.807, 2.05) is 45.0 Å². The Bertz CT molecular complexity index is 1190. The first kappa shape index (κ1) is 32.3. The number of carbonyl (C=O) groups excluding carboxylic acids is 4. The van der Waals surface area contributed by atoms with Crippen molar-refractivity contribution in [3.05, 3.63) is 36.0 Å². The Balaban J connectivity index is 2.35. The highest BCUT2D eigenvalue weighted by Gasteiger charge is 2.32. The van der Waals surface area contributed by atoms with Crippen LogP contribution in [0.3, 0.4) is 0 Å². The first-order chi connectivity index (χ1) is 18.8. The van der Waals surface area contributed by atoms with E-state index in [-0.39, 0.29) is 37.5 Å². The highest BCUT2D eigenvalue weighted by molar-refractivity contribution is 5.95. The quantitative estimate of drug-likeness (QED) is 0.158. The van der Waals surface area contributed by atoms with Crippen molar-refractivity contribution >= 4 is 40.5 Å². The standard InChI is InChI=1S/C28H42N6O6/c1-5-16(4)24(30)27(38)32-20(10-11-23(29)35)25(36)33-21(26(37)34-22(28(39)40)12-15(2)3)13-17-14-31-19-9-7-6-8-18(17)19/h6-9,14-16,20-22,24,31H,5,10-13,30H2,1-4H3,(H2,29,35)(H,32,38)(H,33,36)(H,34,37)(H,39,40). The first-order valence-electron chi connectivity index (χ1n) is 13.6. The van der Waals surface area contributed by atoms with E-state index in [9.17, 15) is 29.1 Å². The van der Waals surface area contributed by atoms with Crippen LogP contribution in [0.2, 0.25) is 0 Å². The van der Waals surface area contributed by atoms with Gasteiger partial charge in [0.25, 0.3) is 0 Å². The summed E-state index contributed by atoms with van der Waals surface area (Å²) in [6.45, 7) is 7.36. The molecule has 1 aromatic carbocycles. The number of aliphatic carboxylic acids is 1. The Labute approximate surface area is 234 Å². The number of aromatic nitrogens is 1.